The maximum absolute atomic E-state index is 12.9. The number of pyridine rings is 2. The molecule has 0 unspecified atom stereocenters. The number of anilines is 2. The highest BCUT2D eigenvalue weighted by Crippen LogP contribution is 2.32. The molecule has 0 bridgehead atoms. The first-order valence-corrected chi connectivity index (χ1v) is 10.3. The Kier molecular flexibility index (Phi) is 4.86. The summed E-state index contributed by atoms with van der Waals surface area (Å²) in [4.78, 5) is 25.9. The lowest BCUT2D eigenvalue weighted by Gasteiger charge is -2.27. The zero-order valence-electron chi connectivity index (χ0n) is 16.4. The molecule has 1 saturated heterocycles. The highest BCUT2D eigenvalue weighted by molar-refractivity contribution is 5.94. The summed E-state index contributed by atoms with van der Waals surface area (Å²) in [6.07, 6.45) is 8.77. The lowest BCUT2D eigenvalue weighted by Crippen LogP contribution is -2.35. The van der Waals surface area contributed by atoms with Gasteiger partial charge in [0.25, 0.3) is 5.91 Å². The van der Waals surface area contributed by atoms with Crippen LogP contribution in [0.25, 0.3) is 10.8 Å². The number of carbonyl (C=O) groups is 1. The largest absolute Gasteiger partial charge is 0.375 e. The van der Waals surface area contributed by atoms with Gasteiger partial charge in [-0.05, 0) is 48.9 Å². The van der Waals surface area contributed by atoms with Crippen molar-refractivity contribution in [2.45, 2.75) is 25.9 Å². The van der Waals surface area contributed by atoms with Crippen molar-refractivity contribution in [3.8, 4) is 0 Å². The molecular weight excluding hydrogens is 364 g/mol. The molecule has 6 nitrogen and oxygen atoms in total. The van der Waals surface area contributed by atoms with Crippen molar-refractivity contribution in [1.82, 2.24) is 14.9 Å². The van der Waals surface area contributed by atoms with Crippen LogP contribution in [-0.2, 0) is 11.3 Å². The van der Waals surface area contributed by atoms with Gasteiger partial charge in [0, 0.05) is 54.9 Å². The van der Waals surface area contributed by atoms with Crippen molar-refractivity contribution in [1.29, 1.82) is 0 Å². The Morgan fingerprint density at radius 1 is 0.966 bits per heavy atom. The summed E-state index contributed by atoms with van der Waals surface area (Å²) in [5.74, 6) is 0.945. The number of hydrogen-bond donors (Lipinski definition) is 0. The number of rotatable bonds is 2. The molecule has 1 fully saturated rings. The van der Waals surface area contributed by atoms with Crippen molar-refractivity contribution in [3.63, 3.8) is 0 Å². The molecule has 3 aromatic rings. The van der Waals surface area contributed by atoms with E-state index in [1.165, 1.54) is 6.42 Å². The van der Waals surface area contributed by atoms with Crippen LogP contribution in [0.5, 0.6) is 0 Å². The first-order chi connectivity index (χ1) is 14.3. The molecule has 1 amide bonds. The van der Waals surface area contributed by atoms with E-state index in [0.29, 0.717) is 18.8 Å². The van der Waals surface area contributed by atoms with E-state index in [1.54, 1.807) is 6.20 Å². The fourth-order valence-corrected chi connectivity index (χ4v) is 4.18. The zero-order valence-corrected chi connectivity index (χ0v) is 16.4. The molecule has 1 aromatic carbocycles. The molecule has 4 heterocycles. The van der Waals surface area contributed by atoms with Crippen molar-refractivity contribution >= 4 is 28.2 Å². The number of benzene rings is 1. The molecule has 6 heteroatoms. The summed E-state index contributed by atoms with van der Waals surface area (Å²) < 4.78 is 5.82. The fourth-order valence-electron chi connectivity index (χ4n) is 4.18. The van der Waals surface area contributed by atoms with E-state index in [4.69, 9.17) is 9.72 Å². The Morgan fingerprint density at radius 2 is 1.86 bits per heavy atom. The van der Waals surface area contributed by atoms with Gasteiger partial charge in [0.2, 0.25) is 0 Å². The van der Waals surface area contributed by atoms with Crippen LogP contribution < -0.4 is 4.90 Å². The van der Waals surface area contributed by atoms with E-state index in [9.17, 15) is 4.79 Å². The highest BCUT2D eigenvalue weighted by Gasteiger charge is 2.23. The van der Waals surface area contributed by atoms with Gasteiger partial charge in [0.15, 0.2) is 0 Å². The van der Waals surface area contributed by atoms with Crippen LogP contribution >= 0.6 is 0 Å². The van der Waals surface area contributed by atoms with Gasteiger partial charge in [-0.2, -0.15) is 0 Å². The van der Waals surface area contributed by atoms with Gasteiger partial charge in [-0.3, -0.25) is 9.78 Å². The minimum Gasteiger partial charge on any atom is -0.375 e. The lowest BCUT2D eigenvalue weighted by molar-refractivity contribution is 0.0723. The van der Waals surface area contributed by atoms with E-state index in [2.05, 4.69) is 28.1 Å². The Labute approximate surface area is 170 Å². The van der Waals surface area contributed by atoms with Crippen LogP contribution in [0, 0.1) is 0 Å². The quantitative estimate of drug-likeness (QED) is 0.666. The predicted molar refractivity (Wildman–Crippen MR) is 112 cm³/mol. The second kappa shape index (κ2) is 7.79. The number of likely N-dealkylation sites (tertiary alicyclic amines) is 1. The van der Waals surface area contributed by atoms with Crippen LogP contribution in [0.4, 0.5) is 11.5 Å². The average Bonchev–Trinajstić information content (AvgIpc) is 3.01. The minimum absolute atomic E-state index is 0.0778. The maximum atomic E-state index is 12.9. The lowest BCUT2D eigenvalue weighted by atomic mass is 10.1. The van der Waals surface area contributed by atoms with Gasteiger partial charge < -0.3 is 14.5 Å². The van der Waals surface area contributed by atoms with Gasteiger partial charge in [-0.15, -0.1) is 0 Å². The third kappa shape index (κ3) is 3.56. The van der Waals surface area contributed by atoms with Crippen molar-refractivity contribution < 1.29 is 9.53 Å². The average molecular weight is 388 g/mol. The number of carbonyl (C=O) groups excluding carboxylic acids is 1. The Morgan fingerprint density at radius 3 is 2.76 bits per heavy atom. The van der Waals surface area contributed by atoms with Crippen LogP contribution in [-0.4, -0.2) is 47.0 Å². The van der Waals surface area contributed by atoms with Gasteiger partial charge >= 0.3 is 0 Å². The normalized spacial score (nSPS) is 17.1. The number of amides is 1. The van der Waals surface area contributed by atoms with Crippen LogP contribution in [0.2, 0.25) is 0 Å². The molecule has 5 rings (SSSR count). The van der Waals surface area contributed by atoms with Crippen LogP contribution in [0.15, 0.2) is 48.9 Å². The molecule has 2 aliphatic rings. The van der Waals surface area contributed by atoms with E-state index < -0.39 is 0 Å². The van der Waals surface area contributed by atoms with E-state index in [0.717, 1.165) is 60.3 Å². The molecule has 0 aliphatic carbocycles. The SMILES string of the molecule is O=C(c1cnc2c(c1)COCCN2c1ccc2cnccc2c1)N1CCCCC1. The third-order valence-electron chi connectivity index (χ3n) is 5.74. The van der Waals surface area contributed by atoms with Gasteiger partial charge in [-0.1, -0.05) is 6.07 Å². The summed E-state index contributed by atoms with van der Waals surface area (Å²) in [5, 5.41) is 2.25. The van der Waals surface area contributed by atoms with Crippen molar-refractivity contribution in [3.05, 3.63) is 60.0 Å². The number of piperidine rings is 1. The second-order valence-electron chi connectivity index (χ2n) is 7.67. The van der Waals surface area contributed by atoms with Crippen LogP contribution in [0.3, 0.4) is 0 Å². The summed E-state index contributed by atoms with van der Waals surface area (Å²) in [7, 11) is 0. The topological polar surface area (TPSA) is 58.6 Å². The maximum Gasteiger partial charge on any atom is 0.255 e. The molecule has 0 saturated carbocycles. The molecule has 0 N–H and O–H groups in total. The number of hydrogen-bond acceptors (Lipinski definition) is 5. The highest BCUT2D eigenvalue weighted by atomic mass is 16.5. The summed E-state index contributed by atoms with van der Waals surface area (Å²) in [5.41, 5.74) is 2.68. The van der Waals surface area contributed by atoms with E-state index in [-0.39, 0.29) is 5.91 Å². The Balaban J connectivity index is 1.49. The number of fused-ring (bicyclic) bond motifs is 2. The molecular formula is C23H24N4O2. The van der Waals surface area contributed by atoms with E-state index >= 15 is 0 Å². The van der Waals surface area contributed by atoms with Gasteiger partial charge in [-0.25, -0.2) is 4.98 Å². The number of nitrogens with zero attached hydrogens (tertiary/aromatic N) is 4. The monoisotopic (exact) mass is 388 g/mol. The number of aromatic nitrogens is 2. The van der Waals surface area contributed by atoms with Gasteiger partial charge in [0.1, 0.15) is 5.82 Å². The molecule has 0 radical (unpaired) electrons. The summed E-state index contributed by atoms with van der Waals surface area (Å²) in [6, 6.07) is 10.3. The Hall–Kier alpha value is -2.99. The smallest absolute Gasteiger partial charge is 0.255 e. The molecule has 2 aromatic heterocycles. The molecule has 29 heavy (non-hydrogen) atoms. The standard InChI is InChI=1S/C23H24N4O2/c28-23(26-8-2-1-3-9-26)19-12-20-16-29-11-10-27(22(20)25-15-19)21-5-4-18-14-24-7-6-17(18)13-21/h4-7,12-15H,1-3,8-11,16H2. The van der Waals surface area contributed by atoms with Crippen molar-refractivity contribution in [2.24, 2.45) is 0 Å². The van der Waals surface area contributed by atoms with Crippen LogP contribution in [0.1, 0.15) is 35.2 Å². The predicted octanol–water partition coefficient (Wildman–Crippen LogP) is 3.92. The first-order valence-electron chi connectivity index (χ1n) is 10.3. The zero-order chi connectivity index (χ0) is 19.6. The summed E-state index contributed by atoms with van der Waals surface area (Å²) >= 11 is 0. The Bertz CT molecular complexity index is 1050. The summed E-state index contributed by atoms with van der Waals surface area (Å²) in [6.45, 7) is 3.47. The van der Waals surface area contributed by atoms with E-state index in [1.807, 2.05) is 29.4 Å². The third-order valence-corrected chi connectivity index (χ3v) is 5.74. The number of ether oxygens (including phenoxy) is 1. The fraction of sp³-hybridized carbons (Fsp3) is 0.348. The second-order valence-corrected chi connectivity index (χ2v) is 7.67. The van der Waals surface area contributed by atoms with Crippen molar-refractivity contribution in [2.75, 3.05) is 31.1 Å². The first kappa shape index (κ1) is 18.1. The minimum atomic E-state index is 0.0778. The molecule has 148 valence electrons. The molecule has 0 spiro atoms. The molecule has 2 aliphatic heterocycles. The molecule has 0 atom stereocenters. The van der Waals surface area contributed by atoms with Gasteiger partial charge in [0.05, 0.1) is 18.8 Å².